The number of allylic oxidation sites excluding steroid dienone is 1. The molecule has 3 aromatic rings. The highest BCUT2D eigenvalue weighted by atomic mass is 16.8. The van der Waals surface area contributed by atoms with Crippen LogP contribution in [-0.4, -0.2) is 21.0 Å². The van der Waals surface area contributed by atoms with E-state index in [-0.39, 0.29) is 16.8 Å². The molecule has 6 nitrogen and oxygen atoms in total. The number of para-hydroxylation sites is 2. The number of hydrogen-bond donors (Lipinski definition) is 2. The van der Waals surface area contributed by atoms with Gasteiger partial charge in [0.1, 0.15) is 0 Å². The van der Waals surface area contributed by atoms with Crippen molar-refractivity contribution in [3.63, 3.8) is 0 Å². The molecule has 6 heteroatoms. The van der Waals surface area contributed by atoms with E-state index in [2.05, 4.69) is 55.6 Å². The van der Waals surface area contributed by atoms with Crippen LogP contribution in [0.4, 0.5) is 5.69 Å². The average Bonchev–Trinajstić information content (AvgIpc) is 3.35. The summed E-state index contributed by atoms with van der Waals surface area (Å²) in [7, 11) is 0. The normalized spacial score (nSPS) is 18.0. The molecule has 1 aromatic heterocycles. The Labute approximate surface area is 189 Å². The molecular weight excluding hydrogens is 400 g/mol. The third kappa shape index (κ3) is 4.48. The maximum Gasteiger partial charge on any atom is 0.0895 e. The van der Waals surface area contributed by atoms with Gasteiger partial charge in [0.15, 0.2) is 0 Å². The quantitative estimate of drug-likeness (QED) is 0.381. The molecule has 1 aliphatic carbocycles. The van der Waals surface area contributed by atoms with Crippen molar-refractivity contribution in [1.82, 2.24) is 15.1 Å². The van der Waals surface area contributed by atoms with Gasteiger partial charge in [0.2, 0.25) is 0 Å². The zero-order chi connectivity index (χ0) is 22.8. The highest BCUT2D eigenvalue weighted by Gasteiger charge is 2.26. The molecule has 0 aliphatic heterocycles. The molecule has 0 fully saturated rings. The number of anilines is 1. The smallest absolute Gasteiger partial charge is 0.0895 e. The molecule has 2 aromatic carbocycles. The number of nitrogens with zero attached hydrogens (tertiary/aromatic N) is 3. The summed E-state index contributed by atoms with van der Waals surface area (Å²) in [6.07, 6.45) is 5.45. The van der Waals surface area contributed by atoms with Crippen LogP contribution < -0.4 is 10.5 Å². The van der Waals surface area contributed by atoms with Crippen molar-refractivity contribution in [1.29, 1.82) is 0 Å². The van der Waals surface area contributed by atoms with E-state index in [0.29, 0.717) is 17.6 Å². The third-order valence-corrected chi connectivity index (χ3v) is 6.33. The number of rotatable bonds is 7. The fourth-order valence-electron chi connectivity index (χ4n) is 4.56. The molecule has 0 saturated heterocycles. The summed E-state index contributed by atoms with van der Waals surface area (Å²) in [5, 5.41) is 29.3. The van der Waals surface area contributed by atoms with Gasteiger partial charge in [0.25, 0.3) is 0 Å². The van der Waals surface area contributed by atoms with E-state index in [1.54, 1.807) is 22.9 Å². The fraction of sp³-hybridized carbons (Fsp3) is 0.346. The van der Waals surface area contributed by atoms with Gasteiger partial charge in [-0.15, -0.1) is 0 Å². The lowest BCUT2D eigenvalue weighted by Crippen LogP contribution is -2.25. The summed E-state index contributed by atoms with van der Waals surface area (Å²) in [5.74, 6) is 0.804. The first-order valence-corrected chi connectivity index (χ1v) is 11.2. The first-order chi connectivity index (χ1) is 15.3. The molecule has 4 rings (SSSR count). The number of nitrogens with one attached hydrogen (secondary N) is 1. The number of aromatic nitrogens is 2. The molecule has 0 bridgehead atoms. The minimum atomic E-state index is -0.103. The van der Waals surface area contributed by atoms with Crippen LogP contribution in [-0.2, 0) is 6.54 Å². The molecule has 1 aliphatic rings. The molecular formula is C26H31N4O2-. The Morgan fingerprint density at radius 3 is 2.53 bits per heavy atom. The Bertz CT molecular complexity index is 1100. The zero-order valence-electron chi connectivity index (χ0n) is 19.1. The largest absolute Gasteiger partial charge is 0.733 e. The van der Waals surface area contributed by atoms with Crippen molar-refractivity contribution in [3.8, 4) is 5.69 Å². The zero-order valence-corrected chi connectivity index (χ0v) is 19.1. The second kappa shape index (κ2) is 9.28. The second-order valence-electron chi connectivity index (χ2n) is 8.87. The van der Waals surface area contributed by atoms with E-state index in [4.69, 9.17) is 5.10 Å². The monoisotopic (exact) mass is 431 g/mol. The molecule has 168 valence electrons. The minimum Gasteiger partial charge on any atom is -0.733 e. The van der Waals surface area contributed by atoms with Crippen molar-refractivity contribution in [2.75, 3.05) is 5.23 Å². The molecule has 32 heavy (non-hydrogen) atoms. The highest BCUT2D eigenvalue weighted by molar-refractivity contribution is 5.62. The van der Waals surface area contributed by atoms with Crippen molar-refractivity contribution < 1.29 is 5.21 Å². The van der Waals surface area contributed by atoms with Crippen molar-refractivity contribution in [2.24, 2.45) is 0 Å². The van der Waals surface area contributed by atoms with Gasteiger partial charge in [0, 0.05) is 29.8 Å². The van der Waals surface area contributed by atoms with Gasteiger partial charge in [-0.2, -0.15) is 5.10 Å². The number of benzene rings is 2. The van der Waals surface area contributed by atoms with Crippen LogP contribution in [0.15, 0.2) is 60.7 Å². The first kappa shape index (κ1) is 22.3. The summed E-state index contributed by atoms with van der Waals surface area (Å²) in [6.45, 7) is 9.27. The molecule has 0 amide bonds. The summed E-state index contributed by atoms with van der Waals surface area (Å²) < 4.78 is 1.76. The molecule has 2 atom stereocenters. The maximum absolute atomic E-state index is 11.6. The molecule has 0 spiro atoms. The summed E-state index contributed by atoms with van der Waals surface area (Å²) in [5.41, 5.74) is 6.49. The first-order valence-electron chi connectivity index (χ1n) is 11.2. The Morgan fingerprint density at radius 1 is 1.12 bits per heavy atom. The van der Waals surface area contributed by atoms with Gasteiger partial charge in [-0.05, 0) is 49.4 Å². The van der Waals surface area contributed by atoms with Crippen LogP contribution in [0.1, 0.15) is 60.2 Å². The molecule has 0 saturated carbocycles. The maximum atomic E-state index is 11.6. The van der Waals surface area contributed by atoms with Gasteiger partial charge >= 0.3 is 0 Å². The van der Waals surface area contributed by atoms with Gasteiger partial charge in [-0.1, -0.05) is 62.4 Å². The van der Waals surface area contributed by atoms with Crippen LogP contribution in [0.2, 0.25) is 0 Å². The van der Waals surface area contributed by atoms with E-state index in [9.17, 15) is 10.4 Å². The number of hydrogen-bond acceptors (Lipinski definition) is 5. The van der Waals surface area contributed by atoms with Crippen molar-refractivity contribution >= 4 is 5.69 Å². The summed E-state index contributed by atoms with van der Waals surface area (Å²) in [4.78, 5) is 0. The van der Waals surface area contributed by atoms with E-state index in [1.807, 2.05) is 19.9 Å². The fourth-order valence-corrected chi connectivity index (χ4v) is 4.56. The molecule has 2 unspecified atom stereocenters. The lowest BCUT2D eigenvalue weighted by Gasteiger charge is -2.24. The lowest BCUT2D eigenvalue weighted by atomic mass is 9.95. The average molecular weight is 432 g/mol. The molecule has 2 N–H and O–H groups in total. The topological polar surface area (TPSA) is 76.4 Å². The van der Waals surface area contributed by atoms with E-state index in [1.165, 1.54) is 16.7 Å². The molecule has 1 heterocycles. The minimum absolute atomic E-state index is 0.103. The van der Waals surface area contributed by atoms with E-state index < -0.39 is 0 Å². The lowest BCUT2D eigenvalue weighted by molar-refractivity contribution is 0.296. The SMILES string of the molecule is Cc1nn(-c2ccccc2N([O-])O)c(C)c1C1C=CC(NCc2ccc(C(C)C)cc2)C1. The second-order valence-corrected chi connectivity index (χ2v) is 8.87. The van der Waals surface area contributed by atoms with Crippen LogP contribution in [0, 0.1) is 19.1 Å². The third-order valence-electron chi connectivity index (χ3n) is 6.33. The van der Waals surface area contributed by atoms with E-state index >= 15 is 0 Å². The van der Waals surface area contributed by atoms with Crippen LogP contribution in [0.25, 0.3) is 5.69 Å². The van der Waals surface area contributed by atoms with Gasteiger partial charge in [0.05, 0.1) is 17.1 Å². The van der Waals surface area contributed by atoms with Crippen LogP contribution >= 0.6 is 0 Å². The van der Waals surface area contributed by atoms with Gasteiger partial charge in [-0.25, -0.2) is 4.68 Å². The van der Waals surface area contributed by atoms with E-state index in [0.717, 1.165) is 24.4 Å². The number of aryl methyl sites for hydroxylation is 1. The molecule has 0 radical (unpaired) electrons. The van der Waals surface area contributed by atoms with Gasteiger partial charge < -0.3 is 15.8 Å². The Morgan fingerprint density at radius 2 is 1.84 bits per heavy atom. The van der Waals surface area contributed by atoms with Crippen LogP contribution in [0.3, 0.4) is 0 Å². The highest BCUT2D eigenvalue weighted by Crippen LogP contribution is 2.35. The Hall–Kier alpha value is -2.93. The van der Waals surface area contributed by atoms with Crippen molar-refractivity contribution in [3.05, 3.63) is 94.0 Å². The predicted octanol–water partition coefficient (Wildman–Crippen LogP) is 5.51. The summed E-state index contributed by atoms with van der Waals surface area (Å²) in [6, 6.07) is 16.1. The standard InChI is InChI=1S/C26H31N4O2/c1-17(2)21-11-9-20(10-12-21)16-27-23-14-13-22(15-23)26-18(3)28-29(19(26)4)24-7-5-6-8-25(24)30(31)32/h5-14,17,22-23,27,31H,15-16H2,1-4H3/q-1. The Balaban J connectivity index is 1.46. The predicted molar refractivity (Wildman–Crippen MR) is 128 cm³/mol. The summed E-state index contributed by atoms with van der Waals surface area (Å²) >= 11 is 0. The van der Waals surface area contributed by atoms with Crippen LogP contribution in [0.5, 0.6) is 0 Å². The van der Waals surface area contributed by atoms with Crippen molar-refractivity contribution in [2.45, 2.75) is 58.5 Å². The van der Waals surface area contributed by atoms with Gasteiger partial charge in [-0.3, -0.25) is 5.21 Å². The Kier molecular flexibility index (Phi) is 6.46.